The van der Waals surface area contributed by atoms with Gasteiger partial charge in [-0.15, -0.1) is 0 Å². The number of pyridine rings is 1. The van der Waals surface area contributed by atoms with Crippen molar-refractivity contribution in [1.82, 2.24) is 10.3 Å². The Labute approximate surface area is 122 Å². The minimum Gasteiger partial charge on any atom is -0.431 e. The molecule has 2 aromatic rings. The van der Waals surface area contributed by atoms with Crippen LogP contribution in [0.5, 0.6) is 11.6 Å². The minimum atomic E-state index is -0.449. The highest BCUT2D eigenvalue weighted by molar-refractivity contribution is 5.53. The first-order valence-electron chi connectivity index (χ1n) is 6.70. The lowest BCUT2D eigenvalue weighted by Crippen LogP contribution is -2.13. The Bertz CT molecular complexity index is 644. The van der Waals surface area contributed by atoms with Crippen LogP contribution in [0.15, 0.2) is 36.5 Å². The molecule has 1 aromatic carbocycles. The second kappa shape index (κ2) is 6.81. The van der Waals surface area contributed by atoms with Gasteiger partial charge in [-0.2, -0.15) is 0 Å². The third-order valence-electron chi connectivity index (χ3n) is 3.00. The van der Waals surface area contributed by atoms with Crippen molar-refractivity contribution in [2.24, 2.45) is 0 Å². The van der Waals surface area contributed by atoms with Crippen molar-refractivity contribution in [1.29, 1.82) is 0 Å². The molecule has 1 aromatic heterocycles. The average Bonchev–Trinajstić information content (AvgIpc) is 2.48. The van der Waals surface area contributed by atoms with E-state index < -0.39 is 4.92 Å². The molecule has 0 unspecified atom stereocenters. The number of benzene rings is 1. The first-order valence-corrected chi connectivity index (χ1v) is 6.70. The maximum absolute atomic E-state index is 11.1. The van der Waals surface area contributed by atoms with Gasteiger partial charge < -0.3 is 10.1 Å². The Hall–Kier alpha value is -2.47. The van der Waals surface area contributed by atoms with Crippen LogP contribution in [0.3, 0.4) is 0 Å². The van der Waals surface area contributed by atoms with Crippen LogP contribution in [-0.4, -0.2) is 16.5 Å². The zero-order valence-electron chi connectivity index (χ0n) is 12.0. The van der Waals surface area contributed by atoms with Crippen molar-refractivity contribution in [3.8, 4) is 11.6 Å². The van der Waals surface area contributed by atoms with Crippen LogP contribution in [0, 0.1) is 17.0 Å². The molecule has 0 fully saturated rings. The van der Waals surface area contributed by atoms with E-state index in [1.165, 1.54) is 6.07 Å². The Morgan fingerprint density at radius 1 is 1.33 bits per heavy atom. The number of hydrogen-bond acceptors (Lipinski definition) is 5. The predicted octanol–water partition coefficient (Wildman–Crippen LogP) is 3.20. The third kappa shape index (κ3) is 3.55. The van der Waals surface area contributed by atoms with Gasteiger partial charge in [-0.3, -0.25) is 10.1 Å². The van der Waals surface area contributed by atoms with Crippen LogP contribution < -0.4 is 10.1 Å². The first-order chi connectivity index (χ1) is 10.1. The van der Waals surface area contributed by atoms with E-state index in [-0.39, 0.29) is 11.4 Å². The van der Waals surface area contributed by atoms with Crippen molar-refractivity contribution in [3.05, 3.63) is 57.8 Å². The summed E-state index contributed by atoms with van der Waals surface area (Å²) < 4.78 is 5.74. The molecule has 6 nitrogen and oxygen atoms in total. The second-order valence-electron chi connectivity index (χ2n) is 4.53. The van der Waals surface area contributed by atoms with E-state index in [1.807, 2.05) is 19.1 Å². The van der Waals surface area contributed by atoms with Crippen molar-refractivity contribution >= 4 is 5.69 Å². The maximum atomic E-state index is 11.1. The van der Waals surface area contributed by atoms with E-state index in [2.05, 4.69) is 10.3 Å². The fourth-order valence-corrected chi connectivity index (χ4v) is 1.92. The number of aryl methyl sites for hydroxylation is 1. The summed E-state index contributed by atoms with van der Waals surface area (Å²) in [4.78, 5) is 14.8. The lowest BCUT2D eigenvalue weighted by Gasteiger charge is -2.12. The van der Waals surface area contributed by atoms with E-state index in [1.54, 1.807) is 25.3 Å². The van der Waals surface area contributed by atoms with Crippen LogP contribution in [-0.2, 0) is 6.54 Å². The van der Waals surface area contributed by atoms with Crippen LogP contribution in [0.2, 0.25) is 0 Å². The number of rotatable bonds is 6. The van der Waals surface area contributed by atoms with E-state index in [4.69, 9.17) is 4.74 Å². The van der Waals surface area contributed by atoms with Gasteiger partial charge >= 0.3 is 5.69 Å². The summed E-state index contributed by atoms with van der Waals surface area (Å²) in [5, 5.41) is 14.3. The summed E-state index contributed by atoms with van der Waals surface area (Å²) in [5.74, 6) is 0.620. The molecule has 21 heavy (non-hydrogen) atoms. The minimum absolute atomic E-state index is 0.0601. The molecular formula is C15H17N3O3. The molecule has 0 saturated carbocycles. The van der Waals surface area contributed by atoms with Crippen LogP contribution in [0.25, 0.3) is 0 Å². The molecule has 0 atom stereocenters. The molecule has 2 rings (SSSR count). The number of ether oxygens (including phenoxy) is 1. The number of nitro groups is 1. The summed E-state index contributed by atoms with van der Waals surface area (Å²) in [5.41, 5.74) is 1.50. The average molecular weight is 287 g/mol. The number of para-hydroxylation sites is 1. The van der Waals surface area contributed by atoms with Crippen LogP contribution >= 0.6 is 0 Å². The molecule has 0 spiro atoms. The van der Waals surface area contributed by atoms with Gasteiger partial charge in [0.2, 0.25) is 11.6 Å². The standard InChI is InChI=1S/C15H17N3O3/c1-3-16-10-12-7-5-9-17-15(12)21-14-11(2)6-4-8-13(14)18(19)20/h4-9,16H,3,10H2,1-2H3. The predicted molar refractivity (Wildman–Crippen MR) is 79.5 cm³/mol. The Balaban J connectivity index is 2.37. The van der Waals surface area contributed by atoms with Gasteiger partial charge in [-0.25, -0.2) is 4.98 Å². The highest BCUT2D eigenvalue weighted by Crippen LogP contribution is 2.34. The molecule has 0 radical (unpaired) electrons. The lowest BCUT2D eigenvalue weighted by atomic mass is 10.2. The molecule has 0 aliphatic heterocycles. The normalized spacial score (nSPS) is 10.4. The number of nitrogens with one attached hydrogen (secondary N) is 1. The van der Waals surface area contributed by atoms with Gasteiger partial charge in [0, 0.05) is 24.4 Å². The Morgan fingerprint density at radius 3 is 2.86 bits per heavy atom. The van der Waals surface area contributed by atoms with E-state index in [0.717, 1.165) is 12.1 Å². The SMILES string of the molecule is CCNCc1cccnc1Oc1c(C)cccc1[N+](=O)[O-]. The zero-order valence-corrected chi connectivity index (χ0v) is 12.0. The smallest absolute Gasteiger partial charge is 0.311 e. The summed E-state index contributed by atoms with van der Waals surface area (Å²) in [7, 11) is 0. The number of aromatic nitrogens is 1. The van der Waals surface area contributed by atoms with Crippen molar-refractivity contribution < 1.29 is 9.66 Å². The molecule has 0 aliphatic rings. The third-order valence-corrected chi connectivity index (χ3v) is 3.00. The van der Waals surface area contributed by atoms with Crippen molar-refractivity contribution in [2.45, 2.75) is 20.4 Å². The summed E-state index contributed by atoms with van der Waals surface area (Å²) in [6, 6.07) is 8.53. The van der Waals surface area contributed by atoms with E-state index in [9.17, 15) is 10.1 Å². The molecule has 0 aliphatic carbocycles. The van der Waals surface area contributed by atoms with Gasteiger partial charge in [-0.05, 0) is 25.1 Å². The monoisotopic (exact) mass is 287 g/mol. The molecule has 110 valence electrons. The van der Waals surface area contributed by atoms with Gasteiger partial charge in [0.25, 0.3) is 0 Å². The number of nitro benzene ring substituents is 1. The fourth-order valence-electron chi connectivity index (χ4n) is 1.92. The van der Waals surface area contributed by atoms with Crippen molar-refractivity contribution in [2.75, 3.05) is 6.54 Å². The van der Waals surface area contributed by atoms with Crippen LogP contribution in [0.1, 0.15) is 18.1 Å². The van der Waals surface area contributed by atoms with Gasteiger partial charge in [-0.1, -0.05) is 25.1 Å². The molecule has 0 amide bonds. The quantitative estimate of drug-likeness (QED) is 0.652. The maximum Gasteiger partial charge on any atom is 0.311 e. The molecule has 0 saturated heterocycles. The van der Waals surface area contributed by atoms with Crippen LogP contribution in [0.4, 0.5) is 5.69 Å². The summed E-state index contributed by atoms with van der Waals surface area (Å²) >= 11 is 0. The highest BCUT2D eigenvalue weighted by atomic mass is 16.6. The molecule has 1 N–H and O–H groups in total. The largest absolute Gasteiger partial charge is 0.431 e. The van der Waals surface area contributed by atoms with E-state index >= 15 is 0 Å². The zero-order chi connectivity index (χ0) is 15.2. The first kappa shape index (κ1) is 14.9. The topological polar surface area (TPSA) is 77.3 Å². The lowest BCUT2D eigenvalue weighted by molar-refractivity contribution is -0.385. The molecule has 0 bridgehead atoms. The molecule has 1 heterocycles. The van der Waals surface area contributed by atoms with Gasteiger partial charge in [0.1, 0.15) is 0 Å². The Morgan fingerprint density at radius 2 is 2.14 bits per heavy atom. The second-order valence-corrected chi connectivity index (χ2v) is 4.53. The summed E-state index contributed by atoms with van der Waals surface area (Å²) in [6.07, 6.45) is 1.61. The highest BCUT2D eigenvalue weighted by Gasteiger charge is 2.19. The Kier molecular flexibility index (Phi) is 4.84. The fraction of sp³-hybridized carbons (Fsp3) is 0.267. The van der Waals surface area contributed by atoms with Crippen molar-refractivity contribution in [3.63, 3.8) is 0 Å². The molecule has 6 heteroatoms. The van der Waals surface area contributed by atoms with Gasteiger partial charge in [0.05, 0.1) is 4.92 Å². The number of nitrogens with zero attached hydrogens (tertiary/aromatic N) is 2. The summed E-state index contributed by atoms with van der Waals surface area (Å²) in [6.45, 7) is 5.19. The van der Waals surface area contributed by atoms with Gasteiger partial charge in [0.15, 0.2) is 0 Å². The number of hydrogen-bond donors (Lipinski definition) is 1. The van der Waals surface area contributed by atoms with E-state index in [0.29, 0.717) is 18.0 Å². The molecular weight excluding hydrogens is 270 g/mol.